The van der Waals surface area contributed by atoms with Crippen molar-refractivity contribution in [1.29, 1.82) is 0 Å². The Hall–Kier alpha value is -1.16. The van der Waals surface area contributed by atoms with Crippen LogP contribution in [-0.2, 0) is 9.84 Å². The van der Waals surface area contributed by atoms with Gasteiger partial charge < -0.3 is 0 Å². The number of rotatable bonds is 2. The zero-order valence-electron chi connectivity index (χ0n) is 11.0. The molecule has 2 fully saturated rings. The van der Waals surface area contributed by atoms with E-state index < -0.39 is 9.84 Å². The van der Waals surface area contributed by atoms with Gasteiger partial charge in [0.05, 0.1) is 10.5 Å². The fraction of sp³-hybridized carbons (Fsp3) is 0.533. The lowest BCUT2D eigenvalue weighted by atomic mass is 9.88. The monoisotopic (exact) mass is 278 g/mol. The Balaban J connectivity index is 1.86. The SMILES string of the molecule is Cc1ccccc1C(=O)C1CC2CCC(C1)S2(=O)=O. The maximum absolute atomic E-state index is 12.6. The number of sulfone groups is 1. The lowest BCUT2D eigenvalue weighted by molar-refractivity contribution is 0.0905. The van der Waals surface area contributed by atoms with Gasteiger partial charge in [-0.1, -0.05) is 24.3 Å². The van der Waals surface area contributed by atoms with E-state index in [0.717, 1.165) is 24.0 Å². The van der Waals surface area contributed by atoms with Crippen LogP contribution in [0.4, 0.5) is 0 Å². The van der Waals surface area contributed by atoms with E-state index in [4.69, 9.17) is 0 Å². The second-order valence-electron chi connectivity index (χ2n) is 5.76. The zero-order chi connectivity index (χ0) is 13.6. The molecule has 0 spiro atoms. The molecule has 2 bridgehead atoms. The van der Waals surface area contributed by atoms with Crippen molar-refractivity contribution >= 4 is 15.6 Å². The number of Topliss-reactive ketones (excluding diaryl/α,β-unsaturated/α-hetero) is 1. The van der Waals surface area contributed by atoms with Gasteiger partial charge >= 0.3 is 0 Å². The normalized spacial score (nSPS) is 32.2. The molecule has 2 saturated heterocycles. The van der Waals surface area contributed by atoms with Gasteiger partial charge in [0.25, 0.3) is 0 Å². The summed E-state index contributed by atoms with van der Waals surface area (Å²) < 4.78 is 24.1. The first kappa shape index (κ1) is 12.9. The summed E-state index contributed by atoms with van der Waals surface area (Å²) in [5, 5.41) is -0.548. The van der Waals surface area contributed by atoms with Gasteiger partial charge in [0.2, 0.25) is 0 Å². The Kier molecular flexibility index (Phi) is 3.01. The van der Waals surface area contributed by atoms with Crippen molar-refractivity contribution in [2.24, 2.45) is 5.92 Å². The van der Waals surface area contributed by atoms with Crippen molar-refractivity contribution in [3.05, 3.63) is 35.4 Å². The molecule has 2 aliphatic heterocycles. The summed E-state index contributed by atoms with van der Waals surface area (Å²) in [5.74, 6) is 0.0204. The Bertz CT molecular complexity index is 598. The predicted molar refractivity (Wildman–Crippen MR) is 74.0 cm³/mol. The molecular weight excluding hydrogens is 260 g/mol. The maximum atomic E-state index is 12.6. The molecule has 3 rings (SSSR count). The quantitative estimate of drug-likeness (QED) is 0.781. The molecular formula is C15H18O3S. The Morgan fingerprint density at radius 1 is 1.11 bits per heavy atom. The molecule has 19 heavy (non-hydrogen) atoms. The van der Waals surface area contributed by atoms with Crippen molar-refractivity contribution < 1.29 is 13.2 Å². The van der Waals surface area contributed by atoms with E-state index in [9.17, 15) is 13.2 Å². The van der Waals surface area contributed by atoms with Crippen LogP contribution in [0.3, 0.4) is 0 Å². The second-order valence-corrected chi connectivity index (χ2v) is 8.27. The van der Waals surface area contributed by atoms with Crippen molar-refractivity contribution in [2.75, 3.05) is 0 Å². The maximum Gasteiger partial charge on any atom is 0.166 e. The van der Waals surface area contributed by atoms with Gasteiger partial charge in [-0.15, -0.1) is 0 Å². The number of ketones is 1. The molecule has 0 amide bonds. The summed E-state index contributed by atoms with van der Waals surface area (Å²) in [6.45, 7) is 1.93. The van der Waals surface area contributed by atoms with Gasteiger partial charge in [0.15, 0.2) is 15.6 Å². The van der Waals surface area contributed by atoms with E-state index in [1.165, 1.54) is 0 Å². The lowest BCUT2D eigenvalue weighted by Crippen LogP contribution is -2.36. The van der Waals surface area contributed by atoms with E-state index in [2.05, 4.69) is 0 Å². The number of benzene rings is 1. The largest absolute Gasteiger partial charge is 0.294 e. The van der Waals surface area contributed by atoms with Crippen LogP contribution in [0.1, 0.15) is 41.6 Å². The first-order valence-electron chi connectivity index (χ1n) is 6.82. The molecule has 2 heterocycles. The van der Waals surface area contributed by atoms with Crippen molar-refractivity contribution in [3.8, 4) is 0 Å². The second kappa shape index (κ2) is 4.44. The van der Waals surface area contributed by atoms with E-state index in [1.807, 2.05) is 31.2 Å². The van der Waals surface area contributed by atoms with Gasteiger partial charge in [0.1, 0.15) is 0 Å². The van der Waals surface area contributed by atoms with Gasteiger partial charge in [-0.2, -0.15) is 0 Å². The third-order valence-electron chi connectivity index (χ3n) is 4.62. The Morgan fingerprint density at radius 2 is 1.68 bits per heavy atom. The summed E-state index contributed by atoms with van der Waals surface area (Å²) in [6.07, 6.45) is 2.52. The molecule has 0 aliphatic carbocycles. The fourth-order valence-corrected chi connectivity index (χ4v) is 5.97. The van der Waals surface area contributed by atoms with Crippen LogP contribution in [0.25, 0.3) is 0 Å². The van der Waals surface area contributed by atoms with E-state index in [0.29, 0.717) is 12.8 Å². The Labute approximate surface area is 113 Å². The average molecular weight is 278 g/mol. The highest BCUT2D eigenvalue weighted by molar-refractivity contribution is 7.93. The van der Waals surface area contributed by atoms with Crippen LogP contribution in [0, 0.1) is 12.8 Å². The number of hydrogen-bond acceptors (Lipinski definition) is 3. The molecule has 0 saturated carbocycles. The summed E-state index contributed by atoms with van der Waals surface area (Å²) in [4.78, 5) is 12.6. The predicted octanol–water partition coefficient (Wildman–Crippen LogP) is 2.53. The van der Waals surface area contributed by atoms with Crippen molar-refractivity contribution in [1.82, 2.24) is 0 Å². The number of fused-ring (bicyclic) bond motifs is 2. The number of carbonyl (C=O) groups is 1. The fourth-order valence-electron chi connectivity index (χ4n) is 3.49. The number of hydrogen-bond donors (Lipinski definition) is 0. The van der Waals surface area contributed by atoms with Crippen LogP contribution < -0.4 is 0 Å². The van der Waals surface area contributed by atoms with Crippen molar-refractivity contribution in [3.63, 3.8) is 0 Å². The molecule has 102 valence electrons. The summed E-state index contributed by atoms with van der Waals surface area (Å²) in [5.41, 5.74) is 1.74. The van der Waals surface area contributed by atoms with Crippen LogP contribution in [0.15, 0.2) is 24.3 Å². The minimum absolute atomic E-state index is 0.109. The highest BCUT2D eigenvalue weighted by Gasteiger charge is 2.48. The average Bonchev–Trinajstić information content (AvgIpc) is 2.58. The summed E-state index contributed by atoms with van der Waals surface area (Å²) >= 11 is 0. The van der Waals surface area contributed by atoms with Gasteiger partial charge in [-0.3, -0.25) is 4.79 Å². The van der Waals surface area contributed by atoms with E-state index >= 15 is 0 Å². The van der Waals surface area contributed by atoms with E-state index in [1.54, 1.807) is 0 Å². The molecule has 0 aromatic heterocycles. The first-order chi connectivity index (χ1) is 9.00. The highest BCUT2D eigenvalue weighted by atomic mass is 32.2. The molecule has 2 aliphatic rings. The molecule has 2 unspecified atom stereocenters. The third kappa shape index (κ3) is 2.02. The highest BCUT2D eigenvalue weighted by Crippen LogP contribution is 2.42. The standard InChI is InChI=1S/C15H18O3S/c1-10-4-2-3-5-14(10)15(16)11-8-12-6-7-13(9-11)19(12,17)18/h2-5,11-13H,6-9H2,1H3. The molecule has 4 heteroatoms. The molecule has 1 aromatic carbocycles. The molecule has 3 nitrogen and oxygen atoms in total. The topological polar surface area (TPSA) is 51.2 Å². The van der Waals surface area contributed by atoms with Gasteiger partial charge in [-0.25, -0.2) is 8.42 Å². The third-order valence-corrected chi connectivity index (χ3v) is 7.33. The molecule has 0 radical (unpaired) electrons. The van der Waals surface area contributed by atoms with Crippen LogP contribution >= 0.6 is 0 Å². The van der Waals surface area contributed by atoms with Crippen LogP contribution in [0.2, 0.25) is 0 Å². The Morgan fingerprint density at radius 3 is 2.26 bits per heavy atom. The lowest BCUT2D eigenvalue weighted by Gasteiger charge is -2.27. The van der Waals surface area contributed by atoms with Crippen molar-refractivity contribution in [2.45, 2.75) is 43.1 Å². The minimum Gasteiger partial charge on any atom is -0.294 e. The van der Waals surface area contributed by atoms with Crippen LogP contribution in [-0.4, -0.2) is 24.7 Å². The summed E-state index contributed by atoms with van der Waals surface area (Å²) in [6, 6.07) is 7.57. The van der Waals surface area contributed by atoms with Gasteiger partial charge in [0, 0.05) is 11.5 Å². The molecule has 1 aromatic rings. The summed E-state index contributed by atoms with van der Waals surface area (Å²) in [7, 11) is -2.94. The van der Waals surface area contributed by atoms with Gasteiger partial charge in [-0.05, 0) is 38.2 Å². The molecule has 2 atom stereocenters. The number of carbonyl (C=O) groups excluding carboxylic acids is 1. The minimum atomic E-state index is -2.94. The first-order valence-corrected chi connectivity index (χ1v) is 8.43. The van der Waals surface area contributed by atoms with E-state index in [-0.39, 0.29) is 22.2 Å². The van der Waals surface area contributed by atoms with Crippen LogP contribution in [0.5, 0.6) is 0 Å². The zero-order valence-corrected chi connectivity index (χ0v) is 11.8. The number of aryl methyl sites for hydroxylation is 1. The smallest absolute Gasteiger partial charge is 0.166 e. The molecule has 0 N–H and O–H groups in total.